The fourth-order valence-electron chi connectivity index (χ4n) is 4.57. The Hall–Kier alpha value is -3.78. The lowest BCUT2D eigenvalue weighted by atomic mass is 10.0. The van der Waals surface area contributed by atoms with Gasteiger partial charge in [-0.1, -0.05) is 71.8 Å². The summed E-state index contributed by atoms with van der Waals surface area (Å²) in [6, 6.07) is 30.5. The van der Waals surface area contributed by atoms with Crippen LogP contribution < -0.4 is 0 Å². The molecule has 0 radical (unpaired) electrons. The second-order valence-corrected chi connectivity index (χ2v) is 8.51. The highest BCUT2D eigenvalue weighted by Crippen LogP contribution is 2.39. The van der Waals surface area contributed by atoms with E-state index in [1.165, 1.54) is 38.9 Å². The van der Waals surface area contributed by atoms with E-state index in [1.54, 1.807) is 0 Å². The van der Waals surface area contributed by atoms with Gasteiger partial charge in [-0.15, -0.1) is 0 Å². The fourth-order valence-corrected chi connectivity index (χ4v) is 4.57. The molecule has 2 heteroatoms. The summed E-state index contributed by atoms with van der Waals surface area (Å²) >= 11 is 0. The van der Waals surface area contributed by atoms with Crippen LogP contribution in [0.3, 0.4) is 0 Å². The van der Waals surface area contributed by atoms with Gasteiger partial charge < -0.3 is 8.98 Å². The van der Waals surface area contributed by atoms with Gasteiger partial charge in [-0.2, -0.15) is 0 Å². The van der Waals surface area contributed by atoms with E-state index in [-0.39, 0.29) is 0 Å². The number of aromatic nitrogens is 1. The number of hydrogen-bond acceptors (Lipinski definition) is 1. The maximum Gasteiger partial charge on any atom is 0.161 e. The van der Waals surface area contributed by atoms with Crippen LogP contribution >= 0.6 is 0 Å². The molecule has 0 N–H and O–H groups in total. The first-order chi connectivity index (χ1) is 15.1. The molecule has 2 nitrogen and oxygen atoms in total. The quantitative estimate of drug-likeness (QED) is 0.287. The van der Waals surface area contributed by atoms with Gasteiger partial charge in [0.05, 0.1) is 11.0 Å². The molecule has 0 bridgehead atoms. The minimum absolute atomic E-state index is 0.934. The monoisotopic (exact) mass is 401 g/mol. The lowest BCUT2D eigenvalue weighted by Gasteiger charge is -2.05. The van der Waals surface area contributed by atoms with Crippen LogP contribution in [0.2, 0.25) is 0 Å². The van der Waals surface area contributed by atoms with E-state index in [4.69, 9.17) is 4.42 Å². The van der Waals surface area contributed by atoms with Crippen molar-refractivity contribution in [1.82, 2.24) is 4.57 Å². The zero-order valence-electron chi connectivity index (χ0n) is 17.9. The molecule has 31 heavy (non-hydrogen) atoms. The molecule has 6 rings (SSSR count). The first-order valence-electron chi connectivity index (χ1n) is 10.7. The highest BCUT2D eigenvalue weighted by atomic mass is 16.3. The summed E-state index contributed by atoms with van der Waals surface area (Å²) in [6.07, 6.45) is 0. The molecule has 150 valence electrons. The number of benzene rings is 4. The summed E-state index contributed by atoms with van der Waals surface area (Å²) in [5.74, 6) is 0. The Bertz CT molecular complexity index is 1570. The van der Waals surface area contributed by atoms with E-state index in [0.717, 1.165) is 27.5 Å². The van der Waals surface area contributed by atoms with E-state index in [1.807, 2.05) is 0 Å². The number of rotatable bonds is 2. The van der Waals surface area contributed by atoms with Crippen LogP contribution in [0.15, 0.2) is 89.3 Å². The normalized spacial score (nSPS) is 11.7. The van der Waals surface area contributed by atoms with Crippen LogP contribution in [0, 0.1) is 13.8 Å². The van der Waals surface area contributed by atoms with Crippen LogP contribution in [0.1, 0.15) is 11.1 Å². The third-order valence-electron chi connectivity index (χ3n) is 6.37. The molecular formula is C29H23NO. The molecular weight excluding hydrogens is 378 g/mol. The van der Waals surface area contributed by atoms with Crippen molar-refractivity contribution in [3.8, 4) is 22.3 Å². The standard InChI is InChI=1S/C29H23NO/c1-18-4-8-20(9-5-18)22-12-14-24-26(16-22)30(3)28-25-15-13-23(17-27(25)31-29(24)28)21-10-6-19(2)7-11-21/h4-17H,1-3H3. The molecule has 0 aliphatic carbocycles. The Kier molecular flexibility index (Phi) is 3.85. The Morgan fingerprint density at radius 2 is 1.10 bits per heavy atom. The van der Waals surface area contributed by atoms with Crippen molar-refractivity contribution in [1.29, 1.82) is 0 Å². The van der Waals surface area contributed by atoms with Crippen molar-refractivity contribution in [3.63, 3.8) is 0 Å². The molecule has 6 aromatic rings. The maximum absolute atomic E-state index is 6.41. The lowest BCUT2D eigenvalue weighted by Crippen LogP contribution is -1.88. The first-order valence-corrected chi connectivity index (χ1v) is 10.7. The van der Waals surface area contributed by atoms with Crippen molar-refractivity contribution < 1.29 is 4.42 Å². The van der Waals surface area contributed by atoms with Gasteiger partial charge in [-0.3, -0.25) is 0 Å². The summed E-state index contributed by atoms with van der Waals surface area (Å²) in [5.41, 5.74) is 11.6. The highest BCUT2D eigenvalue weighted by molar-refractivity contribution is 6.16. The van der Waals surface area contributed by atoms with E-state index in [2.05, 4.69) is 110 Å². The number of hydrogen-bond donors (Lipinski definition) is 0. The molecule has 0 amide bonds. The van der Waals surface area contributed by atoms with Gasteiger partial charge in [0, 0.05) is 17.8 Å². The van der Waals surface area contributed by atoms with Crippen LogP contribution in [0.25, 0.3) is 55.2 Å². The van der Waals surface area contributed by atoms with Gasteiger partial charge in [0.2, 0.25) is 0 Å². The molecule has 0 atom stereocenters. The first kappa shape index (κ1) is 18.0. The van der Waals surface area contributed by atoms with Crippen molar-refractivity contribution in [3.05, 3.63) is 96.1 Å². The SMILES string of the molecule is Cc1ccc(-c2ccc3c(c2)oc2c4ccc(-c5ccc(C)cc5)cc4n(C)c32)cc1. The van der Waals surface area contributed by atoms with E-state index < -0.39 is 0 Å². The topological polar surface area (TPSA) is 18.1 Å². The lowest BCUT2D eigenvalue weighted by molar-refractivity contribution is 0.672. The minimum Gasteiger partial charge on any atom is -0.454 e. The van der Waals surface area contributed by atoms with Crippen LogP contribution in [0.5, 0.6) is 0 Å². The van der Waals surface area contributed by atoms with E-state index in [0.29, 0.717) is 0 Å². The minimum atomic E-state index is 0.934. The molecule has 0 spiro atoms. The molecule has 2 aromatic heterocycles. The summed E-state index contributed by atoms with van der Waals surface area (Å²) in [5, 5.41) is 2.31. The van der Waals surface area contributed by atoms with E-state index >= 15 is 0 Å². The summed E-state index contributed by atoms with van der Waals surface area (Å²) in [6.45, 7) is 4.23. The fraction of sp³-hybridized carbons (Fsp3) is 0.103. The molecule has 0 aliphatic rings. The molecule has 0 aliphatic heterocycles. The van der Waals surface area contributed by atoms with Crippen molar-refractivity contribution in [2.24, 2.45) is 7.05 Å². The Labute approximate surface area is 181 Å². The maximum atomic E-state index is 6.41. The Morgan fingerprint density at radius 1 is 0.581 bits per heavy atom. The van der Waals surface area contributed by atoms with Gasteiger partial charge >= 0.3 is 0 Å². The zero-order valence-corrected chi connectivity index (χ0v) is 17.9. The van der Waals surface area contributed by atoms with E-state index in [9.17, 15) is 0 Å². The summed E-state index contributed by atoms with van der Waals surface area (Å²) < 4.78 is 8.68. The van der Waals surface area contributed by atoms with Gasteiger partial charge in [0.1, 0.15) is 5.58 Å². The average Bonchev–Trinajstić information content (AvgIpc) is 3.29. The average molecular weight is 402 g/mol. The van der Waals surface area contributed by atoms with Crippen molar-refractivity contribution in [2.45, 2.75) is 13.8 Å². The second-order valence-electron chi connectivity index (χ2n) is 8.51. The third-order valence-corrected chi connectivity index (χ3v) is 6.37. The number of aryl methyl sites for hydroxylation is 3. The third kappa shape index (κ3) is 2.79. The van der Waals surface area contributed by atoms with Crippen molar-refractivity contribution >= 4 is 33.0 Å². The molecule has 0 unspecified atom stereocenters. The summed E-state index contributed by atoms with van der Waals surface area (Å²) in [7, 11) is 2.13. The van der Waals surface area contributed by atoms with Crippen LogP contribution in [0.4, 0.5) is 0 Å². The van der Waals surface area contributed by atoms with Gasteiger partial charge in [0.15, 0.2) is 5.58 Å². The molecule has 0 fully saturated rings. The largest absolute Gasteiger partial charge is 0.454 e. The predicted molar refractivity (Wildman–Crippen MR) is 131 cm³/mol. The molecule has 4 aromatic carbocycles. The van der Waals surface area contributed by atoms with Crippen LogP contribution in [-0.2, 0) is 7.05 Å². The predicted octanol–water partition coefficient (Wildman–Crippen LogP) is 8.03. The van der Waals surface area contributed by atoms with Gasteiger partial charge in [-0.25, -0.2) is 0 Å². The molecule has 0 saturated carbocycles. The smallest absolute Gasteiger partial charge is 0.161 e. The van der Waals surface area contributed by atoms with Crippen LogP contribution in [-0.4, -0.2) is 4.57 Å². The van der Waals surface area contributed by atoms with Crippen molar-refractivity contribution in [2.75, 3.05) is 0 Å². The molecule has 2 heterocycles. The number of nitrogens with zero attached hydrogens (tertiary/aromatic N) is 1. The molecule has 0 saturated heterocycles. The number of furan rings is 1. The summed E-state index contributed by atoms with van der Waals surface area (Å²) in [4.78, 5) is 0. The second kappa shape index (κ2) is 6.61. The Morgan fingerprint density at radius 3 is 1.71 bits per heavy atom. The zero-order chi connectivity index (χ0) is 21.1. The van der Waals surface area contributed by atoms with Gasteiger partial charge in [0.25, 0.3) is 0 Å². The highest BCUT2D eigenvalue weighted by Gasteiger charge is 2.17. The number of fused-ring (bicyclic) bond motifs is 5. The van der Waals surface area contributed by atoms with Gasteiger partial charge in [-0.05, 0) is 60.4 Å². The Balaban J connectivity index is 1.53.